The summed E-state index contributed by atoms with van der Waals surface area (Å²) in [6, 6.07) is 1.69. The SMILES string of the molecule is CNC(=O)C(C)(C)CNc1cc(Cl)nc(C2CC2)n1. The van der Waals surface area contributed by atoms with E-state index in [-0.39, 0.29) is 5.91 Å². The topological polar surface area (TPSA) is 66.9 Å². The molecule has 0 bridgehead atoms. The summed E-state index contributed by atoms with van der Waals surface area (Å²) >= 11 is 5.99. The highest BCUT2D eigenvalue weighted by atomic mass is 35.5. The molecular formula is C13H19ClN4O. The normalized spacial score (nSPS) is 15.2. The molecule has 5 nitrogen and oxygen atoms in total. The van der Waals surface area contributed by atoms with E-state index in [0.29, 0.717) is 23.4 Å². The fraction of sp³-hybridized carbons (Fsp3) is 0.615. The predicted octanol–water partition coefficient (Wildman–Crippen LogP) is 2.19. The first-order valence-corrected chi connectivity index (χ1v) is 6.81. The molecule has 0 spiro atoms. The molecule has 1 saturated carbocycles. The lowest BCUT2D eigenvalue weighted by atomic mass is 9.92. The second-order valence-electron chi connectivity index (χ2n) is 5.52. The summed E-state index contributed by atoms with van der Waals surface area (Å²) < 4.78 is 0. The summed E-state index contributed by atoms with van der Waals surface area (Å²) in [7, 11) is 1.64. The van der Waals surface area contributed by atoms with Gasteiger partial charge in [-0.05, 0) is 26.7 Å². The van der Waals surface area contributed by atoms with E-state index in [9.17, 15) is 4.79 Å². The Bertz CT molecular complexity index is 486. The molecule has 0 atom stereocenters. The van der Waals surface area contributed by atoms with E-state index in [1.165, 1.54) is 0 Å². The van der Waals surface area contributed by atoms with Crippen molar-refractivity contribution in [3.05, 3.63) is 17.0 Å². The van der Waals surface area contributed by atoms with Crippen LogP contribution in [0.5, 0.6) is 0 Å². The molecule has 0 radical (unpaired) electrons. The van der Waals surface area contributed by atoms with Gasteiger partial charge in [-0.15, -0.1) is 0 Å². The smallest absolute Gasteiger partial charge is 0.227 e. The minimum absolute atomic E-state index is 0.0115. The van der Waals surface area contributed by atoms with Gasteiger partial charge < -0.3 is 10.6 Å². The fourth-order valence-corrected chi connectivity index (χ4v) is 1.97. The number of carbonyl (C=O) groups excluding carboxylic acids is 1. The standard InChI is InChI=1S/C13H19ClN4O/c1-13(2,12(19)15-3)7-16-10-6-9(14)17-11(18-10)8-4-5-8/h6,8H,4-5,7H2,1-3H3,(H,15,19)(H,16,17,18). The molecule has 0 aliphatic heterocycles. The van der Waals surface area contributed by atoms with Gasteiger partial charge in [0.05, 0.1) is 5.41 Å². The molecule has 1 heterocycles. The Morgan fingerprint density at radius 3 is 2.74 bits per heavy atom. The number of halogens is 1. The average Bonchev–Trinajstić information content (AvgIpc) is 3.19. The summed E-state index contributed by atoms with van der Waals surface area (Å²) in [4.78, 5) is 20.4. The third kappa shape index (κ3) is 3.56. The highest BCUT2D eigenvalue weighted by molar-refractivity contribution is 6.29. The Labute approximate surface area is 118 Å². The molecule has 19 heavy (non-hydrogen) atoms. The van der Waals surface area contributed by atoms with Crippen molar-refractivity contribution in [2.45, 2.75) is 32.6 Å². The van der Waals surface area contributed by atoms with E-state index < -0.39 is 5.41 Å². The van der Waals surface area contributed by atoms with E-state index in [1.54, 1.807) is 13.1 Å². The van der Waals surface area contributed by atoms with Crippen molar-refractivity contribution in [2.24, 2.45) is 5.41 Å². The quantitative estimate of drug-likeness (QED) is 0.813. The molecule has 2 N–H and O–H groups in total. The number of nitrogens with zero attached hydrogens (tertiary/aromatic N) is 2. The van der Waals surface area contributed by atoms with Gasteiger partial charge in [-0.2, -0.15) is 0 Å². The maximum absolute atomic E-state index is 11.7. The summed E-state index contributed by atoms with van der Waals surface area (Å²) in [5.41, 5.74) is -0.508. The van der Waals surface area contributed by atoms with Crippen molar-refractivity contribution in [3.63, 3.8) is 0 Å². The summed E-state index contributed by atoms with van der Waals surface area (Å²) in [5.74, 6) is 1.92. The molecule has 6 heteroatoms. The second kappa shape index (κ2) is 5.33. The maximum Gasteiger partial charge on any atom is 0.227 e. The maximum atomic E-state index is 11.7. The zero-order chi connectivity index (χ0) is 14.0. The first kappa shape index (κ1) is 14.1. The Balaban J connectivity index is 2.05. The Kier molecular flexibility index (Phi) is 3.94. The Morgan fingerprint density at radius 2 is 2.16 bits per heavy atom. The van der Waals surface area contributed by atoms with E-state index in [4.69, 9.17) is 11.6 Å². The van der Waals surface area contributed by atoms with Gasteiger partial charge in [0.25, 0.3) is 0 Å². The van der Waals surface area contributed by atoms with Gasteiger partial charge in [0, 0.05) is 25.6 Å². The third-order valence-electron chi connectivity index (χ3n) is 3.21. The molecule has 1 aromatic heterocycles. The van der Waals surface area contributed by atoms with Crippen LogP contribution in [0.1, 0.15) is 38.4 Å². The van der Waals surface area contributed by atoms with Gasteiger partial charge in [-0.1, -0.05) is 11.6 Å². The van der Waals surface area contributed by atoms with Crippen molar-refractivity contribution in [3.8, 4) is 0 Å². The predicted molar refractivity (Wildman–Crippen MR) is 75.4 cm³/mol. The number of anilines is 1. The zero-order valence-corrected chi connectivity index (χ0v) is 12.2. The van der Waals surface area contributed by atoms with Crippen molar-refractivity contribution < 1.29 is 4.79 Å². The summed E-state index contributed by atoms with van der Waals surface area (Å²) in [6.45, 7) is 4.25. The van der Waals surface area contributed by atoms with Crippen molar-refractivity contribution >= 4 is 23.3 Å². The first-order valence-electron chi connectivity index (χ1n) is 6.43. The van der Waals surface area contributed by atoms with Crippen LogP contribution in [-0.2, 0) is 4.79 Å². The van der Waals surface area contributed by atoms with E-state index in [0.717, 1.165) is 18.7 Å². The largest absolute Gasteiger partial charge is 0.369 e. The van der Waals surface area contributed by atoms with Crippen LogP contribution in [0, 0.1) is 5.41 Å². The molecule has 1 aliphatic carbocycles. The van der Waals surface area contributed by atoms with Gasteiger partial charge in [0.2, 0.25) is 5.91 Å². The second-order valence-corrected chi connectivity index (χ2v) is 5.91. The molecule has 0 aromatic carbocycles. The Morgan fingerprint density at radius 1 is 1.47 bits per heavy atom. The third-order valence-corrected chi connectivity index (χ3v) is 3.40. The van der Waals surface area contributed by atoms with Crippen molar-refractivity contribution in [1.82, 2.24) is 15.3 Å². The lowest BCUT2D eigenvalue weighted by molar-refractivity contribution is -0.128. The molecule has 1 aromatic rings. The minimum Gasteiger partial charge on any atom is -0.369 e. The number of hydrogen-bond donors (Lipinski definition) is 2. The number of carbonyl (C=O) groups is 1. The first-order chi connectivity index (χ1) is 8.92. The lowest BCUT2D eigenvalue weighted by Gasteiger charge is -2.23. The summed E-state index contributed by atoms with van der Waals surface area (Å²) in [5, 5.41) is 6.26. The Hall–Kier alpha value is -1.36. The van der Waals surface area contributed by atoms with Crippen LogP contribution in [0.25, 0.3) is 0 Å². The molecule has 104 valence electrons. The monoisotopic (exact) mass is 282 g/mol. The highest BCUT2D eigenvalue weighted by Crippen LogP contribution is 2.38. The van der Waals surface area contributed by atoms with Crippen LogP contribution in [0.2, 0.25) is 5.15 Å². The highest BCUT2D eigenvalue weighted by Gasteiger charge is 2.28. The van der Waals surface area contributed by atoms with Crippen LogP contribution < -0.4 is 10.6 Å². The van der Waals surface area contributed by atoms with Gasteiger partial charge in [0.15, 0.2) is 0 Å². The average molecular weight is 283 g/mol. The van der Waals surface area contributed by atoms with Crippen LogP contribution in [0.15, 0.2) is 6.07 Å². The molecule has 1 fully saturated rings. The number of nitrogens with one attached hydrogen (secondary N) is 2. The van der Waals surface area contributed by atoms with Crippen LogP contribution >= 0.6 is 11.6 Å². The summed E-state index contributed by atoms with van der Waals surface area (Å²) in [6.07, 6.45) is 2.26. The molecule has 0 saturated heterocycles. The van der Waals surface area contributed by atoms with E-state index >= 15 is 0 Å². The molecule has 0 unspecified atom stereocenters. The number of hydrogen-bond acceptors (Lipinski definition) is 4. The fourth-order valence-electron chi connectivity index (χ4n) is 1.78. The van der Waals surface area contributed by atoms with E-state index in [2.05, 4.69) is 20.6 Å². The van der Waals surface area contributed by atoms with Crippen molar-refractivity contribution in [1.29, 1.82) is 0 Å². The van der Waals surface area contributed by atoms with Crippen LogP contribution in [-0.4, -0.2) is 29.5 Å². The zero-order valence-electron chi connectivity index (χ0n) is 11.5. The molecule has 1 amide bonds. The van der Waals surface area contributed by atoms with Gasteiger partial charge >= 0.3 is 0 Å². The lowest BCUT2D eigenvalue weighted by Crippen LogP contribution is -2.39. The number of rotatable bonds is 5. The van der Waals surface area contributed by atoms with Crippen molar-refractivity contribution in [2.75, 3.05) is 18.9 Å². The molecule has 1 aliphatic rings. The minimum atomic E-state index is -0.508. The van der Waals surface area contributed by atoms with E-state index in [1.807, 2.05) is 13.8 Å². The van der Waals surface area contributed by atoms with Gasteiger partial charge in [-0.25, -0.2) is 9.97 Å². The molecular weight excluding hydrogens is 264 g/mol. The van der Waals surface area contributed by atoms with Crippen LogP contribution in [0.3, 0.4) is 0 Å². The number of amides is 1. The molecule has 2 rings (SSSR count). The van der Waals surface area contributed by atoms with Gasteiger partial charge in [0.1, 0.15) is 16.8 Å². The van der Waals surface area contributed by atoms with Gasteiger partial charge in [-0.3, -0.25) is 4.79 Å². The number of aromatic nitrogens is 2. The van der Waals surface area contributed by atoms with Crippen LogP contribution in [0.4, 0.5) is 5.82 Å².